The van der Waals surface area contributed by atoms with E-state index in [1.54, 1.807) is 24.4 Å². The van der Waals surface area contributed by atoms with Crippen LogP contribution in [0, 0.1) is 0 Å². The number of carbonyl (C=O) groups is 2. The van der Waals surface area contributed by atoms with Crippen LogP contribution in [0.25, 0.3) is 0 Å². The molecular formula is C23H23NO5. The third-order valence-corrected chi connectivity index (χ3v) is 4.71. The third-order valence-electron chi connectivity index (χ3n) is 4.71. The molecule has 0 fully saturated rings. The van der Waals surface area contributed by atoms with Crippen LogP contribution in [-0.2, 0) is 11.2 Å². The lowest BCUT2D eigenvalue weighted by Gasteiger charge is -2.15. The first-order valence-electron chi connectivity index (χ1n) is 9.15. The topological polar surface area (TPSA) is 74.2 Å². The summed E-state index contributed by atoms with van der Waals surface area (Å²) in [6.07, 6.45) is 5.75. The van der Waals surface area contributed by atoms with Gasteiger partial charge in [0.2, 0.25) is 5.75 Å². The summed E-state index contributed by atoms with van der Waals surface area (Å²) in [5, 5.41) is 0. The monoisotopic (exact) mass is 393 g/mol. The molecule has 1 atom stereocenters. The lowest BCUT2D eigenvalue weighted by molar-refractivity contribution is -0.116. The van der Waals surface area contributed by atoms with Crippen molar-refractivity contribution in [2.75, 3.05) is 21.3 Å². The number of ether oxygens (including phenoxy) is 3. The van der Waals surface area contributed by atoms with E-state index in [0.29, 0.717) is 33.9 Å². The highest BCUT2D eigenvalue weighted by Crippen LogP contribution is 2.39. The molecule has 2 aromatic rings. The maximum atomic E-state index is 13.3. The number of Topliss-reactive ketones (excluding diaryl/α,β-unsaturated/α-hetero) is 1. The first-order chi connectivity index (χ1) is 14.0. The molecule has 2 aromatic carbocycles. The maximum Gasteiger partial charge on any atom is 0.203 e. The van der Waals surface area contributed by atoms with Gasteiger partial charge < -0.3 is 14.2 Å². The molecule has 0 aliphatic carbocycles. The number of hydrogen-bond donors (Lipinski definition) is 0. The fourth-order valence-electron chi connectivity index (χ4n) is 3.35. The number of methoxy groups -OCH3 is 3. The average molecular weight is 393 g/mol. The van der Waals surface area contributed by atoms with Gasteiger partial charge in [0.25, 0.3) is 0 Å². The molecule has 0 aromatic heterocycles. The third kappa shape index (κ3) is 4.21. The Labute approximate surface area is 169 Å². The molecule has 29 heavy (non-hydrogen) atoms. The van der Waals surface area contributed by atoms with E-state index in [1.807, 2.05) is 24.3 Å². The van der Waals surface area contributed by atoms with Crippen molar-refractivity contribution in [3.8, 4) is 17.2 Å². The van der Waals surface area contributed by atoms with E-state index >= 15 is 0 Å². The van der Waals surface area contributed by atoms with Crippen LogP contribution in [-0.4, -0.2) is 39.1 Å². The fourth-order valence-corrected chi connectivity index (χ4v) is 3.35. The van der Waals surface area contributed by atoms with Crippen molar-refractivity contribution in [1.29, 1.82) is 0 Å². The van der Waals surface area contributed by atoms with Gasteiger partial charge in [0, 0.05) is 23.8 Å². The largest absolute Gasteiger partial charge is 0.493 e. The van der Waals surface area contributed by atoms with Crippen LogP contribution in [0.1, 0.15) is 40.0 Å². The van der Waals surface area contributed by atoms with Crippen LogP contribution >= 0.6 is 0 Å². The van der Waals surface area contributed by atoms with E-state index in [0.717, 1.165) is 5.56 Å². The molecule has 6 heteroatoms. The van der Waals surface area contributed by atoms with E-state index in [9.17, 15) is 9.59 Å². The predicted molar refractivity (Wildman–Crippen MR) is 111 cm³/mol. The van der Waals surface area contributed by atoms with E-state index in [1.165, 1.54) is 28.3 Å². The summed E-state index contributed by atoms with van der Waals surface area (Å²) in [6, 6.07) is 8.63. The SMILES string of the molecule is COc1cc(C(=O)c2ccc(C3C=CC=N3)cc2CC(C)=O)cc(OC)c1OC. The number of nitrogens with zero attached hydrogens (tertiary/aromatic N) is 1. The van der Waals surface area contributed by atoms with E-state index < -0.39 is 0 Å². The van der Waals surface area contributed by atoms with Crippen LogP contribution in [0.5, 0.6) is 17.2 Å². The van der Waals surface area contributed by atoms with Gasteiger partial charge in [-0.05, 0) is 36.3 Å². The Morgan fingerprint density at radius 1 is 1.00 bits per heavy atom. The van der Waals surface area contributed by atoms with E-state index in [-0.39, 0.29) is 24.0 Å². The Morgan fingerprint density at radius 3 is 2.21 bits per heavy atom. The maximum absolute atomic E-state index is 13.3. The standard InChI is InChI=1S/C23H23NO5/c1-14(25)10-16-11-15(19-6-5-9-24-19)7-8-18(16)22(26)17-12-20(27-2)23(29-4)21(13-17)28-3/h5-9,11-13,19H,10H2,1-4H3. The smallest absolute Gasteiger partial charge is 0.203 e. The van der Waals surface area contributed by atoms with Crippen molar-refractivity contribution < 1.29 is 23.8 Å². The van der Waals surface area contributed by atoms with Gasteiger partial charge in [0.1, 0.15) is 5.78 Å². The Bertz CT molecular complexity index is 969. The second kappa shape index (κ2) is 8.73. The number of rotatable bonds is 8. The molecule has 0 N–H and O–H groups in total. The van der Waals surface area contributed by atoms with E-state index in [4.69, 9.17) is 14.2 Å². The fraction of sp³-hybridized carbons (Fsp3) is 0.261. The summed E-state index contributed by atoms with van der Waals surface area (Å²) < 4.78 is 16.0. The lowest BCUT2D eigenvalue weighted by atomic mass is 9.92. The van der Waals surface area contributed by atoms with E-state index in [2.05, 4.69) is 4.99 Å². The second-order valence-electron chi connectivity index (χ2n) is 6.67. The van der Waals surface area contributed by atoms with Crippen LogP contribution in [0.15, 0.2) is 47.5 Å². The molecule has 1 aliphatic heterocycles. The van der Waals surface area contributed by atoms with Crippen molar-refractivity contribution in [2.45, 2.75) is 19.4 Å². The molecule has 1 unspecified atom stereocenters. The molecule has 0 bridgehead atoms. The quantitative estimate of drug-likeness (QED) is 0.639. The molecule has 150 valence electrons. The average Bonchev–Trinajstić information content (AvgIpc) is 3.26. The minimum Gasteiger partial charge on any atom is -0.493 e. The number of allylic oxidation sites excluding steroid dienone is 1. The second-order valence-corrected chi connectivity index (χ2v) is 6.67. The highest BCUT2D eigenvalue weighted by atomic mass is 16.5. The van der Waals surface area contributed by atoms with Crippen molar-refractivity contribution in [3.05, 3.63) is 64.7 Å². The number of benzene rings is 2. The van der Waals surface area contributed by atoms with Gasteiger partial charge in [0.15, 0.2) is 17.3 Å². The van der Waals surface area contributed by atoms with Crippen LogP contribution < -0.4 is 14.2 Å². The minimum atomic E-state index is -0.225. The lowest BCUT2D eigenvalue weighted by Crippen LogP contribution is -2.10. The summed E-state index contributed by atoms with van der Waals surface area (Å²) in [6.45, 7) is 1.51. The number of hydrogen-bond acceptors (Lipinski definition) is 6. The van der Waals surface area contributed by atoms with Gasteiger partial charge >= 0.3 is 0 Å². The van der Waals surface area contributed by atoms with Gasteiger partial charge in [-0.3, -0.25) is 14.6 Å². The summed E-state index contributed by atoms with van der Waals surface area (Å²) in [7, 11) is 4.50. The first-order valence-corrected chi connectivity index (χ1v) is 9.15. The summed E-state index contributed by atoms with van der Waals surface area (Å²) in [5.74, 6) is 0.955. The molecular weight excluding hydrogens is 370 g/mol. The molecule has 0 radical (unpaired) electrons. The Morgan fingerprint density at radius 2 is 1.69 bits per heavy atom. The Hall–Kier alpha value is -3.41. The molecule has 0 saturated heterocycles. The van der Waals surface area contributed by atoms with Crippen LogP contribution in [0.3, 0.4) is 0 Å². The zero-order chi connectivity index (χ0) is 21.0. The summed E-state index contributed by atoms with van der Waals surface area (Å²) >= 11 is 0. The molecule has 0 spiro atoms. The molecule has 3 rings (SSSR count). The molecule has 0 amide bonds. The van der Waals surface area contributed by atoms with Gasteiger partial charge in [0.05, 0.1) is 27.4 Å². The van der Waals surface area contributed by atoms with Crippen molar-refractivity contribution >= 4 is 17.8 Å². The zero-order valence-corrected chi connectivity index (χ0v) is 16.9. The summed E-state index contributed by atoms with van der Waals surface area (Å²) in [5.41, 5.74) is 2.46. The van der Waals surface area contributed by atoms with Crippen molar-refractivity contribution in [3.63, 3.8) is 0 Å². The van der Waals surface area contributed by atoms with Crippen molar-refractivity contribution in [2.24, 2.45) is 4.99 Å². The summed E-state index contributed by atoms with van der Waals surface area (Å²) in [4.78, 5) is 29.5. The van der Waals surface area contributed by atoms with Crippen molar-refractivity contribution in [1.82, 2.24) is 0 Å². The van der Waals surface area contributed by atoms with Gasteiger partial charge in [-0.25, -0.2) is 0 Å². The molecule has 1 aliphatic rings. The highest BCUT2D eigenvalue weighted by Gasteiger charge is 2.21. The Balaban J connectivity index is 2.07. The number of ketones is 2. The molecule has 6 nitrogen and oxygen atoms in total. The van der Waals surface area contributed by atoms with Gasteiger partial charge in [-0.2, -0.15) is 0 Å². The number of aliphatic imine (C=N–C) groups is 1. The molecule has 1 heterocycles. The normalized spacial score (nSPS) is 14.7. The molecule has 0 saturated carbocycles. The van der Waals surface area contributed by atoms with Crippen LogP contribution in [0.4, 0.5) is 0 Å². The first kappa shape index (κ1) is 20.3. The van der Waals surface area contributed by atoms with Crippen LogP contribution in [0.2, 0.25) is 0 Å². The minimum absolute atomic E-state index is 0.0217. The van der Waals surface area contributed by atoms with Gasteiger partial charge in [-0.15, -0.1) is 0 Å². The highest BCUT2D eigenvalue weighted by molar-refractivity contribution is 6.11. The van der Waals surface area contributed by atoms with Gasteiger partial charge in [-0.1, -0.05) is 24.3 Å². The zero-order valence-electron chi connectivity index (χ0n) is 16.9. The predicted octanol–water partition coefficient (Wildman–Crippen LogP) is 3.76. The number of carbonyl (C=O) groups excluding carboxylic acids is 2. The Kier molecular flexibility index (Phi) is 6.12.